The zero-order chi connectivity index (χ0) is 23.1. The van der Waals surface area contributed by atoms with E-state index in [1.165, 1.54) is 5.57 Å². The van der Waals surface area contributed by atoms with E-state index >= 15 is 0 Å². The van der Waals surface area contributed by atoms with Gasteiger partial charge in [0.1, 0.15) is 6.61 Å². The Morgan fingerprint density at radius 3 is 2.56 bits per heavy atom. The number of allylic oxidation sites excluding steroid dienone is 2. The number of rotatable bonds is 6. The molecule has 4 aliphatic rings. The number of Topliss-reactive ketones (excluding diaryl/α,β-unsaturated/α-hetero) is 1. The molecule has 0 radical (unpaired) electrons. The van der Waals surface area contributed by atoms with Gasteiger partial charge in [0.25, 0.3) is 0 Å². The standard InChI is InChI=1S/C27H40O5/c1-4-5-9-24(31)32-27(23(30)17-28)15-12-22-20-8-6-7-18-16-19(29)10-13-25(18,2)21(20)11-14-26(22,27)3/h16,20-22,28H,4-15,17H2,1-3H3/t20-,21-,22-,25-,26-,27-/m0/s1. The minimum atomic E-state index is -1.20. The Kier molecular flexibility index (Phi) is 6.43. The predicted octanol–water partition coefficient (Wildman–Crippen LogP) is 4.94. The van der Waals surface area contributed by atoms with E-state index in [-0.39, 0.29) is 23.0 Å². The molecule has 6 atom stereocenters. The Balaban J connectivity index is 1.67. The normalized spacial score (nSPS) is 41.1. The lowest BCUT2D eigenvalue weighted by Crippen LogP contribution is -2.59. The number of carbonyl (C=O) groups is 3. The molecule has 4 rings (SSSR count). The van der Waals surface area contributed by atoms with Crippen molar-refractivity contribution in [1.82, 2.24) is 0 Å². The number of esters is 1. The Morgan fingerprint density at radius 1 is 1.09 bits per heavy atom. The largest absolute Gasteiger partial charge is 0.450 e. The molecule has 0 spiro atoms. The smallest absolute Gasteiger partial charge is 0.306 e. The van der Waals surface area contributed by atoms with Crippen LogP contribution in [0.25, 0.3) is 0 Å². The van der Waals surface area contributed by atoms with Gasteiger partial charge in [-0.25, -0.2) is 0 Å². The number of aliphatic hydroxyl groups excluding tert-OH is 1. The summed E-state index contributed by atoms with van der Waals surface area (Å²) in [5, 5.41) is 9.87. The summed E-state index contributed by atoms with van der Waals surface area (Å²) in [7, 11) is 0. The van der Waals surface area contributed by atoms with Gasteiger partial charge in [0.05, 0.1) is 0 Å². The maximum Gasteiger partial charge on any atom is 0.306 e. The first-order chi connectivity index (χ1) is 15.2. The van der Waals surface area contributed by atoms with Gasteiger partial charge in [0, 0.05) is 18.3 Å². The first kappa shape index (κ1) is 23.7. The number of aliphatic hydroxyl groups is 1. The van der Waals surface area contributed by atoms with Crippen LogP contribution >= 0.6 is 0 Å². The van der Waals surface area contributed by atoms with Crippen molar-refractivity contribution in [3.63, 3.8) is 0 Å². The molecule has 0 bridgehead atoms. The molecule has 5 heteroatoms. The number of hydrogen-bond donors (Lipinski definition) is 1. The van der Waals surface area contributed by atoms with Crippen LogP contribution in [0, 0.1) is 28.6 Å². The highest BCUT2D eigenvalue weighted by Gasteiger charge is 2.68. The molecule has 3 fully saturated rings. The van der Waals surface area contributed by atoms with Crippen LogP contribution in [0.1, 0.15) is 97.8 Å². The monoisotopic (exact) mass is 444 g/mol. The van der Waals surface area contributed by atoms with Crippen molar-refractivity contribution >= 4 is 17.5 Å². The van der Waals surface area contributed by atoms with Gasteiger partial charge in [-0.2, -0.15) is 0 Å². The van der Waals surface area contributed by atoms with E-state index in [0.717, 1.165) is 57.8 Å². The lowest BCUT2D eigenvalue weighted by molar-refractivity contribution is -0.190. The molecular weight excluding hydrogens is 404 g/mol. The van der Waals surface area contributed by atoms with Gasteiger partial charge in [-0.05, 0) is 87.0 Å². The molecule has 0 amide bonds. The summed E-state index contributed by atoms with van der Waals surface area (Å²) in [4.78, 5) is 38.0. The third kappa shape index (κ3) is 3.50. The highest BCUT2D eigenvalue weighted by molar-refractivity contribution is 5.92. The molecule has 0 aliphatic heterocycles. The Morgan fingerprint density at radius 2 is 1.84 bits per heavy atom. The second-order valence-corrected chi connectivity index (χ2v) is 11.3. The van der Waals surface area contributed by atoms with Crippen molar-refractivity contribution in [3.05, 3.63) is 11.6 Å². The van der Waals surface area contributed by atoms with Crippen LogP contribution in [0.4, 0.5) is 0 Å². The highest BCUT2D eigenvalue weighted by Crippen LogP contribution is 2.67. The lowest BCUT2D eigenvalue weighted by Gasteiger charge is -2.55. The van der Waals surface area contributed by atoms with Gasteiger partial charge in [-0.15, -0.1) is 0 Å². The second kappa shape index (κ2) is 8.70. The van der Waals surface area contributed by atoms with Crippen molar-refractivity contribution in [3.8, 4) is 0 Å². The number of ether oxygens (including phenoxy) is 1. The maximum absolute atomic E-state index is 13.2. The predicted molar refractivity (Wildman–Crippen MR) is 122 cm³/mol. The van der Waals surface area contributed by atoms with Crippen molar-refractivity contribution in [2.24, 2.45) is 28.6 Å². The third-order valence-electron chi connectivity index (χ3n) is 9.93. The van der Waals surface area contributed by atoms with Crippen LogP contribution in [0.5, 0.6) is 0 Å². The summed E-state index contributed by atoms with van der Waals surface area (Å²) in [6, 6.07) is 0. The minimum Gasteiger partial charge on any atom is -0.450 e. The molecule has 32 heavy (non-hydrogen) atoms. The first-order valence-corrected chi connectivity index (χ1v) is 12.8. The van der Waals surface area contributed by atoms with Crippen molar-refractivity contribution < 1.29 is 24.2 Å². The number of hydrogen-bond acceptors (Lipinski definition) is 5. The van der Waals surface area contributed by atoms with E-state index in [1.807, 2.05) is 13.0 Å². The Bertz CT molecular complexity index is 815. The van der Waals surface area contributed by atoms with Crippen LogP contribution in [0.2, 0.25) is 0 Å². The first-order valence-electron chi connectivity index (χ1n) is 12.8. The van der Waals surface area contributed by atoms with Crippen molar-refractivity contribution in [1.29, 1.82) is 0 Å². The van der Waals surface area contributed by atoms with E-state index < -0.39 is 17.6 Å². The molecular formula is C27H40O5. The molecule has 0 heterocycles. The van der Waals surface area contributed by atoms with Gasteiger partial charge < -0.3 is 9.84 Å². The summed E-state index contributed by atoms with van der Waals surface area (Å²) in [6.45, 7) is 5.97. The zero-order valence-electron chi connectivity index (χ0n) is 20.1. The van der Waals surface area contributed by atoms with Crippen LogP contribution in [-0.2, 0) is 19.1 Å². The molecule has 178 valence electrons. The van der Waals surface area contributed by atoms with Gasteiger partial charge in [0.2, 0.25) is 5.78 Å². The number of carbonyl (C=O) groups excluding carboxylic acids is 3. The minimum absolute atomic E-state index is 0.0560. The second-order valence-electron chi connectivity index (χ2n) is 11.3. The van der Waals surface area contributed by atoms with Crippen LogP contribution < -0.4 is 0 Å². The fourth-order valence-electron chi connectivity index (χ4n) is 8.14. The fraction of sp³-hybridized carbons (Fsp3) is 0.815. The molecule has 0 aromatic heterocycles. The topological polar surface area (TPSA) is 80.7 Å². The summed E-state index contributed by atoms with van der Waals surface area (Å²) >= 11 is 0. The quantitative estimate of drug-likeness (QED) is 0.587. The average Bonchev–Trinajstić information content (AvgIpc) is 2.98. The van der Waals surface area contributed by atoms with Crippen molar-refractivity contribution in [2.45, 2.75) is 103 Å². The zero-order valence-corrected chi connectivity index (χ0v) is 20.1. The highest BCUT2D eigenvalue weighted by atomic mass is 16.6. The van der Waals surface area contributed by atoms with E-state index in [2.05, 4.69) is 13.8 Å². The van der Waals surface area contributed by atoms with Crippen LogP contribution in [-0.4, -0.2) is 34.9 Å². The van der Waals surface area contributed by atoms with Crippen LogP contribution in [0.3, 0.4) is 0 Å². The Labute approximate surface area is 192 Å². The molecule has 1 N–H and O–H groups in total. The van der Waals surface area contributed by atoms with Gasteiger partial charge in [0.15, 0.2) is 11.4 Å². The molecule has 0 saturated heterocycles. The van der Waals surface area contributed by atoms with Gasteiger partial charge in [-0.3, -0.25) is 14.4 Å². The molecule has 0 aromatic rings. The SMILES string of the molecule is CCCCC(=O)O[C@]1(C(=O)CO)CC[C@H]2[C@H]3CCCC4=CC(=O)CC[C@]4(C)[C@H]3CC[C@@]21C. The summed E-state index contributed by atoms with van der Waals surface area (Å²) in [6.07, 6.45) is 11.8. The summed E-state index contributed by atoms with van der Waals surface area (Å²) < 4.78 is 6.08. The lowest BCUT2D eigenvalue weighted by atomic mass is 9.50. The van der Waals surface area contributed by atoms with Crippen molar-refractivity contribution in [2.75, 3.05) is 6.61 Å². The summed E-state index contributed by atoms with van der Waals surface area (Å²) in [5.74, 6) is 0.892. The third-order valence-corrected chi connectivity index (χ3v) is 9.93. The number of ketones is 2. The van der Waals surface area contributed by atoms with E-state index in [9.17, 15) is 19.5 Å². The van der Waals surface area contributed by atoms with E-state index in [1.54, 1.807) is 0 Å². The van der Waals surface area contributed by atoms with Gasteiger partial charge >= 0.3 is 5.97 Å². The molecule has 3 saturated carbocycles. The fourth-order valence-corrected chi connectivity index (χ4v) is 8.14. The van der Waals surface area contributed by atoms with E-state index in [4.69, 9.17) is 4.74 Å². The maximum atomic E-state index is 13.2. The van der Waals surface area contributed by atoms with E-state index in [0.29, 0.717) is 37.0 Å². The van der Waals surface area contributed by atoms with Crippen LogP contribution in [0.15, 0.2) is 11.6 Å². The molecule has 0 aromatic carbocycles. The molecule has 5 nitrogen and oxygen atoms in total. The molecule has 0 unspecified atom stereocenters. The number of unbranched alkanes of at least 4 members (excludes halogenated alkanes) is 1. The molecule has 4 aliphatic carbocycles. The average molecular weight is 445 g/mol. The Hall–Kier alpha value is -1.49. The van der Waals surface area contributed by atoms with Gasteiger partial charge in [-0.1, -0.05) is 32.8 Å². The summed E-state index contributed by atoms with van der Waals surface area (Å²) in [5.41, 5.74) is -0.242. The number of fused-ring (bicyclic) bond motifs is 5.